The van der Waals surface area contributed by atoms with E-state index in [0.29, 0.717) is 29.0 Å². The van der Waals surface area contributed by atoms with Gasteiger partial charge in [-0.1, -0.05) is 13.0 Å². The molecule has 0 N–H and O–H groups in total. The largest absolute Gasteiger partial charge is 0.465 e. The van der Waals surface area contributed by atoms with Gasteiger partial charge in [-0.2, -0.15) is 0 Å². The van der Waals surface area contributed by atoms with Crippen molar-refractivity contribution in [3.8, 4) is 0 Å². The summed E-state index contributed by atoms with van der Waals surface area (Å²) in [5.74, 6) is 3.26. The summed E-state index contributed by atoms with van der Waals surface area (Å²) in [4.78, 5) is 12.3. The molecule has 2 bridgehead atoms. The quantitative estimate of drug-likeness (QED) is 0.698. The maximum atomic E-state index is 12.3. The minimum Gasteiger partial charge on any atom is -0.465 e. The zero-order chi connectivity index (χ0) is 14.2. The highest BCUT2D eigenvalue weighted by Gasteiger charge is 2.61. The first-order valence-corrected chi connectivity index (χ1v) is 8.42. The van der Waals surface area contributed by atoms with Crippen molar-refractivity contribution in [2.24, 2.45) is 22.7 Å². The first-order chi connectivity index (χ1) is 10.1. The molecule has 0 saturated heterocycles. The SMILES string of the molecule is C[C@@]12C=Cc3occc3C1CC[C@]13CC(=O)[C@@H](CCC12)C3. The summed E-state index contributed by atoms with van der Waals surface area (Å²) < 4.78 is 5.62. The summed E-state index contributed by atoms with van der Waals surface area (Å²) in [6, 6.07) is 2.17. The lowest BCUT2D eigenvalue weighted by Gasteiger charge is -2.57. The molecule has 2 heteroatoms. The minimum atomic E-state index is 0.213. The number of fused-ring (bicyclic) bond motifs is 5. The molecule has 0 aliphatic heterocycles. The van der Waals surface area contributed by atoms with Gasteiger partial charge in [-0.05, 0) is 66.9 Å². The van der Waals surface area contributed by atoms with Crippen molar-refractivity contribution in [2.45, 2.75) is 51.4 Å². The van der Waals surface area contributed by atoms with Crippen LogP contribution >= 0.6 is 0 Å². The van der Waals surface area contributed by atoms with Crippen LogP contribution in [-0.2, 0) is 4.79 Å². The second kappa shape index (κ2) is 3.71. The molecule has 5 rings (SSSR count). The van der Waals surface area contributed by atoms with Gasteiger partial charge < -0.3 is 4.42 Å². The van der Waals surface area contributed by atoms with Gasteiger partial charge in [0.25, 0.3) is 0 Å². The van der Waals surface area contributed by atoms with Crippen LogP contribution < -0.4 is 0 Å². The highest BCUT2D eigenvalue weighted by molar-refractivity contribution is 5.84. The number of allylic oxidation sites excluding steroid dienone is 1. The minimum absolute atomic E-state index is 0.213. The predicted molar refractivity (Wildman–Crippen MR) is 80.7 cm³/mol. The van der Waals surface area contributed by atoms with Crippen molar-refractivity contribution in [1.29, 1.82) is 0 Å². The highest BCUT2D eigenvalue weighted by atomic mass is 16.3. The molecule has 1 aromatic heterocycles. The molecule has 0 amide bonds. The summed E-state index contributed by atoms with van der Waals surface area (Å²) in [5.41, 5.74) is 1.93. The highest BCUT2D eigenvalue weighted by Crippen LogP contribution is 2.68. The Labute approximate surface area is 125 Å². The van der Waals surface area contributed by atoms with Crippen LogP contribution in [0.15, 0.2) is 22.8 Å². The zero-order valence-corrected chi connectivity index (χ0v) is 12.6. The monoisotopic (exact) mass is 282 g/mol. The smallest absolute Gasteiger partial charge is 0.136 e. The lowest BCUT2D eigenvalue weighted by molar-refractivity contribution is -0.120. The van der Waals surface area contributed by atoms with E-state index in [9.17, 15) is 4.79 Å². The van der Waals surface area contributed by atoms with Gasteiger partial charge in [-0.3, -0.25) is 4.79 Å². The van der Waals surface area contributed by atoms with Crippen molar-refractivity contribution in [2.75, 3.05) is 0 Å². The number of hydrogen-bond donors (Lipinski definition) is 0. The number of carbonyl (C=O) groups is 1. The van der Waals surface area contributed by atoms with Crippen LogP contribution in [0, 0.1) is 22.7 Å². The Morgan fingerprint density at radius 1 is 1.29 bits per heavy atom. The molecule has 2 nitrogen and oxygen atoms in total. The number of ketones is 1. The van der Waals surface area contributed by atoms with Crippen molar-refractivity contribution >= 4 is 11.9 Å². The Bertz CT molecular complexity index is 654. The van der Waals surface area contributed by atoms with Gasteiger partial charge in [0, 0.05) is 17.9 Å². The molecule has 2 unspecified atom stereocenters. The molecule has 4 aliphatic carbocycles. The third-order valence-electron chi connectivity index (χ3n) is 7.31. The standard InChI is InChI=1S/C19H22O2/c1-18-7-5-16-13(6-9-21-16)14(18)4-8-19-10-12(15(20)11-19)2-3-17(18)19/h5-7,9,12,14,17H,2-4,8,10-11H2,1H3/t12-,14?,17?,18+,19-/m0/s1. The fourth-order valence-corrected chi connectivity index (χ4v) is 6.42. The molecule has 1 spiro atoms. The van der Waals surface area contributed by atoms with Crippen molar-refractivity contribution in [1.82, 2.24) is 0 Å². The van der Waals surface area contributed by atoms with Crippen molar-refractivity contribution < 1.29 is 9.21 Å². The van der Waals surface area contributed by atoms with E-state index < -0.39 is 0 Å². The van der Waals surface area contributed by atoms with Crippen LogP contribution in [0.2, 0.25) is 0 Å². The van der Waals surface area contributed by atoms with E-state index in [0.717, 1.165) is 18.6 Å². The van der Waals surface area contributed by atoms with E-state index >= 15 is 0 Å². The van der Waals surface area contributed by atoms with E-state index in [-0.39, 0.29) is 5.41 Å². The van der Waals surface area contributed by atoms with Gasteiger partial charge in [0.1, 0.15) is 11.5 Å². The van der Waals surface area contributed by atoms with E-state index in [4.69, 9.17) is 4.42 Å². The summed E-state index contributed by atoms with van der Waals surface area (Å²) >= 11 is 0. The van der Waals surface area contributed by atoms with Crippen LogP contribution in [0.3, 0.4) is 0 Å². The van der Waals surface area contributed by atoms with Gasteiger partial charge in [0.2, 0.25) is 0 Å². The molecule has 1 aromatic rings. The molecule has 5 atom stereocenters. The van der Waals surface area contributed by atoms with Gasteiger partial charge in [0.15, 0.2) is 0 Å². The topological polar surface area (TPSA) is 30.2 Å². The van der Waals surface area contributed by atoms with Gasteiger partial charge in [0.05, 0.1) is 6.26 Å². The van der Waals surface area contributed by atoms with Gasteiger partial charge >= 0.3 is 0 Å². The van der Waals surface area contributed by atoms with Crippen molar-refractivity contribution in [3.63, 3.8) is 0 Å². The zero-order valence-electron chi connectivity index (χ0n) is 12.6. The second-order valence-electron chi connectivity index (χ2n) is 8.07. The fourth-order valence-electron chi connectivity index (χ4n) is 6.42. The van der Waals surface area contributed by atoms with Crippen LogP contribution in [0.4, 0.5) is 0 Å². The number of hydrogen-bond acceptors (Lipinski definition) is 2. The summed E-state index contributed by atoms with van der Waals surface area (Å²) in [7, 11) is 0. The molecule has 4 aliphatic rings. The first-order valence-electron chi connectivity index (χ1n) is 8.42. The number of rotatable bonds is 0. The van der Waals surface area contributed by atoms with E-state index in [1.165, 1.54) is 31.2 Å². The molecular formula is C19H22O2. The maximum absolute atomic E-state index is 12.3. The molecule has 0 aromatic carbocycles. The summed E-state index contributed by atoms with van der Waals surface area (Å²) in [5, 5.41) is 0. The van der Waals surface area contributed by atoms with Crippen molar-refractivity contribution in [3.05, 3.63) is 29.7 Å². The average Bonchev–Trinajstić information content (AvgIpc) is 3.02. The van der Waals surface area contributed by atoms with Crippen LogP contribution in [0.25, 0.3) is 6.08 Å². The summed E-state index contributed by atoms with van der Waals surface area (Å²) in [6.07, 6.45) is 13.3. The normalized spacial score (nSPS) is 46.9. The average molecular weight is 282 g/mol. The Morgan fingerprint density at radius 2 is 2.19 bits per heavy atom. The molecule has 3 fully saturated rings. The maximum Gasteiger partial charge on any atom is 0.136 e. The molecule has 110 valence electrons. The predicted octanol–water partition coefficient (Wildman–Crippen LogP) is 4.57. The summed E-state index contributed by atoms with van der Waals surface area (Å²) in [6.45, 7) is 2.44. The number of Topliss-reactive ketones (excluding diaryl/α,β-unsaturated/α-hetero) is 1. The van der Waals surface area contributed by atoms with Crippen LogP contribution in [-0.4, -0.2) is 5.78 Å². The lowest BCUT2D eigenvalue weighted by Crippen LogP contribution is -2.49. The molecule has 0 radical (unpaired) electrons. The molecule has 21 heavy (non-hydrogen) atoms. The molecule has 1 heterocycles. The molecular weight excluding hydrogens is 260 g/mol. The number of furan rings is 1. The van der Waals surface area contributed by atoms with Crippen LogP contribution in [0.1, 0.15) is 62.7 Å². The van der Waals surface area contributed by atoms with Gasteiger partial charge in [-0.25, -0.2) is 0 Å². The van der Waals surface area contributed by atoms with E-state index in [1.807, 2.05) is 6.26 Å². The van der Waals surface area contributed by atoms with E-state index in [2.05, 4.69) is 25.1 Å². The Hall–Kier alpha value is -1.31. The Kier molecular flexibility index (Phi) is 2.17. The third-order valence-corrected chi connectivity index (χ3v) is 7.31. The fraction of sp³-hybridized carbons (Fsp3) is 0.632. The first kappa shape index (κ1) is 12.3. The Morgan fingerprint density at radius 3 is 3.10 bits per heavy atom. The van der Waals surface area contributed by atoms with Crippen LogP contribution in [0.5, 0.6) is 0 Å². The lowest BCUT2D eigenvalue weighted by atomic mass is 9.46. The Balaban J connectivity index is 1.63. The second-order valence-corrected chi connectivity index (χ2v) is 8.07. The molecule has 3 saturated carbocycles. The third kappa shape index (κ3) is 1.37. The van der Waals surface area contributed by atoms with E-state index in [1.54, 1.807) is 0 Å². The number of carbonyl (C=O) groups excluding carboxylic acids is 1. The van der Waals surface area contributed by atoms with Gasteiger partial charge in [-0.15, -0.1) is 0 Å².